The van der Waals surface area contributed by atoms with Crippen molar-refractivity contribution in [1.82, 2.24) is 14.9 Å². The fourth-order valence-corrected chi connectivity index (χ4v) is 3.53. The maximum atomic E-state index is 12.6. The number of para-hydroxylation sites is 2. The van der Waals surface area contributed by atoms with E-state index in [9.17, 15) is 4.79 Å². The summed E-state index contributed by atoms with van der Waals surface area (Å²) in [5.41, 5.74) is 2.03. The zero-order valence-electron chi connectivity index (χ0n) is 11.6. The number of thioether (sulfide) groups is 1. The number of carbonyl (C=O) groups is 1. The summed E-state index contributed by atoms with van der Waals surface area (Å²) in [6.45, 7) is 5.05. The van der Waals surface area contributed by atoms with E-state index in [0.717, 1.165) is 23.3 Å². The molecule has 0 spiro atoms. The first-order valence-electron chi connectivity index (χ1n) is 6.81. The molecule has 0 saturated carbocycles. The molecule has 2 unspecified atom stereocenters. The molecule has 0 N–H and O–H groups in total. The minimum Gasteiger partial charge on any atom is -0.333 e. The van der Waals surface area contributed by atoms with Crippen LogP contribution in [0.3, 0.4) is 0 Å². The largest absolute Gasteiger partial charge is 0.333 e. The third kappa shape index (κ3) is 2.38. The van der Waals surface area contributed by atoms with Gasteiger partial charge in [-0.1, -0.05) is 19.1 Å². The Morgan fingerprint density at radius 1 is 1.30 bits per heavy atom. The van der Waals surface area contributed by atoms with E-state index in [4.69, 9.17) is 0 Å². The smallest absolute Gasteiger partial charge is 0.274 e. The molecular formula is C15H17N3OS. The van der Waals surface area contributed by atoms with Crippen LogP contribution >= 0.6 is 11.8 Å². The van der Waals surface area contributed by atoms with E-state index in [0.29, 0.717) is 10.9 Å². The second-order valence-electron chi connectivity index (χ2n) is 5.06. The monoisotopic (exact) mass is 287 g/mol. The molecule has 0 bridgehead atoms. The quantitative estimate of drug-likeness (QED) is 0.809. The Kier molecular flexibility index (Phi) is 3.61. The lowest BCUT2D eigenvalue weighted by atomic mass is 10.2. The lowest BCUT2D eigenvalue weighted by Crippen LogP contribution is -2.48. The van der Waals surface area contributed by atoms with Crippen LogP contribution in [0.4, 0.5) is 0 Å². The average molecular weight is 287 g/mol. The molecule has 4 nitrogen and oxygen atoms in total. The van der Waals surface area contributed by atoms with Crippen LogP contribution in [0.2, 0.25) is 0 Å². The SMILES string of the molecule is CC1SCCN(C(=O)c2cnc3ccccc3n2)C1C. The van der Waals surface area contributed by atoms with Crippen molar-refractivity contribution >= 4 is 28.7 Å². The van der Waals surface area contributed by atoms with E-state index in [2.05, 4.69) is 23.8 Å². The first-order valence-corrected chi connectivity index (χ1v) is 7.86. The van der Waals surface area contributed by atoms with Gasteiger partial charge in [0.1, 0.15) is 5.69 Å². The number of hydrogen-bond donors (Lipinski definition) is 0. The first kappa shape index (κ1) is 13.4. The summed E-state index contributed by atoms with van der Waals surface area (Å²) in [7, 11) is 0. The molecule has 1 amide bonds. The minimum absolute atomic E-state index is 0.0112. The van der Waals surface area contributed by atoms with Gasteiger partial charge in [-0.25, -0.2) is 4.98 Å². The Balaban J connectivity index is 1.91. The minimum atomic E-state index is -0.0112. The number of rotatable bonds is 1. The standard InChI is InChI=1S/C15H17N3OS/c1-10-11(2)20-8-7-18(10)15(19)14-9-16-12-5-3-4-6-13(12)17-14/h3-6,9-11H,7-8H2,1-2H3. The lowest BCUT2D eigenvalue weighted by molar-refractivity contribution is 0.0692. The highest BCUT2D eigenvalue weighted by atomic mass is 32.2. The normalized spacial score (nSPS) is 23.0. The molecule has 0 aliphatic carbocycles. The van der Waals surface area contributed by atoms with Crippen LogP contribution in [-0.4, -0.2) is 44.4 Å². The molecule has 1 aliphatic heterocycles. The molecular weight excluding hydrogens is 270 g/mol. The summed E-state index contributed by atoms with van der Waals surface area (Å²) in [5, 5.41) is 0.459. The number of hydrogen-bond acceptors (Lipinski definition) is 4. The maximum absolute atomic E-state index is 12.6. The van der Waals surface area contributed by atoms with Gasteiger partial charge in [0.15, 0.2) is 0 Å². The number of nitrogens with zero attached hydrogens (tertiary/aromatic N) is 3. The summed E-state index contributed by atoms with van der Waals surface area (Å²) in [5.74, 6) is 0.973. The topological polar surface area (TPSA) is 46.1 Å². The summed E-state index contributed by atoms with van der Waals surface area (Å²) in [6, 6.07) is 7.85. The fourth-order valence-electron chi connectivity index (χ4n) is 2.43. The summed E-state index contributed by atoms with van der Waals surface area (Å²) in [4.78, 5) is 23.3. The van der Waals surface area contributed by atoms with Crippen molar-refractivity contribution in [2.45, 2.75) is 25.1 Å². The second-order valence-corrected chi connectivity index (χ2v) is 6.54. The fraction of sp³-hybridized carbons (Fsp3) is 0.400. The van der Waals surface area contributed by atoms with Crippen LogP contribution in [0, 0.1) is 0 Å². The third-order valence-corrected chi connectivity index (χ3v) is 5.15. The number of benzene rings is 1. The molecule has 2 aromatic rings. The van der Waals surface area contributed by atoms with Crippen molar-refractivity contribution in [2.24, 2.45) is 0 Å². The Labute approximate surface area is 122 Å². The molecule has 1 fully saturated rings. The van der Waals surface area contributed by atoms with E-state index in [1.165, 1.54) is 0 Å². The van der Waals surface area contributed by atoms with Crippen LogP contribution in [0.25, 0.3) is 11.0 Å². The summed E-state index contributed by atoms with van der Waals surface area (Å²) in [6.07, 6.45) is 1.59. The van der Waals surface area contributed by atoms with Crippen molar-refractivity contribution in [3.05, 3.63) is 36.2 Å². The van der Waals surface area contributed by atoms with Gasteiger partial charge >= 0.3 is 0 Å². The zero-order valence-corrected chi connectivity index (χ0v) is 12.4. The van der Waals surface area contributed by atoms with Crippen molar-refractivity contribution in [3.63, 3.8) is 0 Å². The first-order chi connectivity index (χ1) is 9.66. The van der Waals surface area contributed by atoms with Gasteiger partial charge in [0.05, 0.1) is 17.2 Å². The van der Waals surface area contributed by atoms with Crippen LogP contribution in [0.1, 0.15) is 24.3 Å². The molecule has 2 atom stereocenters. The van der Waals surface area contributed by atoms with E-state index in [1.807, 2.05) is 40.9 Å². The van der Waals surface area contributed by atoms with Gasteiger partial charge in [-0.2, -0.15) is 11.8 Å². The number of amides is 1. The van der Waals surface area contributed by atoms with E-state index >= 15 is 0 Å². The van der Waals surface area contributed by atoms with Gasteiger partial charge in [0.25, 0.3) is 5.91 Å². The van der Waals surface area contributed by atoms with Crippen molar-refractivity contribution < 1.29 is 4.79 Å². The maximum Gasteiger partial charge on any atom is 0.274 e. The second kappa shape index (κ2) is 5.40. The van der Waals surface area contributed by atoms with Crippen molar-refractivity contribution in [3.8, 4) is 0 Å². The molecule has 2 heterocycles. The highest BCUT2D eigenvalue weighted by Crippen LogP contribution is 2.25. The highest BCUT2D eigenvalue weighted by Gasteiger charge is 2.30. The Bertz CT molecular complexity index is 646. The number of aromatic nitrogens is 2. The molecule has 20 heavy (non-hydrogen) atoms. The highest BCUT2D eigenvalue weighted by molar-refractivity contribution is 8.00. The predicted octanol–water partition coefficient (Wildman–Crippen LogP) is 2.60. The zero-order chi connectivity index (χ0) is 14.1. The molecule has 0 radical (unpaired) electrons. The predicted molar refractivity (Wildman–Crippen MR) is 82.0 cm³/mol. The van der Waals surface area contributed by atoms with Gasteiger partial charge in [-0.3, -0.25) is 9.78 Å². The summed E-state index contributed by atoms with van der Waals surface area (Å²) < 4.78 is 0. The van der Waals surface area contributed by atoms with Crippen molar-refractivity contribution in [1.29, 1.82) is 0 Å². The van der Waals surface area contributed by atoms with E-state index in [1.54, 1.807) is 6.20 Å². The third-order valence-electron chi connectivity index (χ3n) is 3.81. The molecule has 5 heteroatoms. The van der Waals surface area contributed by atoms with Gasteiger partial charge < -0.3 is 4.90 Å². The van der Waals surface area contributed by atoms with E-state index < -0.39 is 0 Å². The molecule has 1 saturated heterocycles. The number of carbonyl (C=O) groups excluding carboxylic acids is 1. The molecule has 1 aromatic heterocycles. The van der Waals surface area contributed by atoms with Crippen LogP contribution < -0.4 is 0 Å². The van der Waals surface area contributed by atoms with Crippen molar-refractivity contribution in [2.75, 3.05) is 12.3 Å². The summed E-state index contributed by atoms with van der Waals surface area (Å²) >= 11 is 1.92. The van der Waals surface area contributed by atoms with Gasteiger partial charge in [-0.05, 0) is 19.1 Å². The Morgan fingerprint density at radius 2 is 2.05 bits per heavy atom. The average Bonchev–Trinajstić information content (AvgIpc) is 2.49. The number of fused-ring (bicyclic) bond motifs is 1. The van der Waals surface area contributed by atoms with Crippen LogP contribution in [0.15, 0.2) is 30.5 Å². The van der Waals surface area contributed by atoms with Crippen LogP contribution in [0.5, 0.6) is 0 Å². The van der Waals surface area contributed by atoms with Gasteiger partial charge in [0, 0.05) is 23.6 Å². The molecule has 3 rings (SSSR count). The lowest BCUT2D eigenvalue weighted by Gasteiger charge is -2.37. The van der Waals surface area contributed by atoms with Gasteiger partial charge in [-0.15, -0.1) is 0 Å². The molecule has 1 aliphatic rings. The Morgan fingerprint density at radius 3 is 2.85 bits per heavy atom. The van der Waals surface area contributed by atoms with E-state index in [-0.39, 0.29) is 11.9 Å². The Hall–Kier alpha value is -1.62. The van der Waals surface area contributed by atoms with Crippen LogP contribution in [-0.2, 0) is 0 Å². The van der Waals surface area contributed by atoms with Gasteiger partial charge in [0.2, 0.25) is 0 Å². The molecule has 104 valence electrons. The molecule has 1 aromatic carbocycles.